The summed E-state index contributed by atoms with van der Waals surface area (Å²) in [4.78, 5) is 0. The molecule has 0 aromatic heterocycles. The van der Waals surface area contributed by atoms with Crippen LogP contribution >= 0.6 is 0 Å². The first-order valence-corrected chi connectivity index (χ1v) is 6.62. The van der Waals surface area contributed by atoms with Crippen molar-refractivity contribution < 1.29 is 13.9 Å². The smallest absolute Gasteiger partial charge is 0.169 e. The Morgan fingerprint density at radius 2 is 1.57 bits per heavy atom. The van der Waals surface area contributed by atoms with E-state index in [1.165, 1.54) is 12.1 Å². The minimum absolute atomic E-state index is 0.237. The Labute approximate surface area is 124 Å². The van der Waals surface area contributed by atoms with Crippen LogP contribution in [0.3, 0.4) is 0 Å². The quantitative estimate of drug-likeness (QED) is 0.448. The standard InChI is InChI=1S/C18H17FO2/c1-3-18(21-13-12-20-2)16-6-4-14(5-7-16)15-8-10-17(19)11-9-15/h4-11H,1,12-13H2,2H3. The van der Waals surface area contributed by atoms with E-state index >= 15 is 0 Å². The molecule has 3 heteroatoms. The van der Waals surface area contributed by atoms with E-state index in [0.29, 0.717) is 19.0 Å². The fourth-order valence-corrected chi connectivity index (χ4v) is 1.92. The molecule has 0 N–H and O–H groups in total. The molecular weight excluding hydrogens is 267 g/mol. The second-order valence-corrected chi connectivity index (χ2v) is 4.43. The summed E-state index contributed by atoms with van der Waals surface area (Å²) < 4.78 is 23.4. The molecule has 0 spiro atoms. The minimum Gasteiger partial charge on any atom is -0.483 e. The SMILES string of the molecule is C=C=C(OCCOC)c1ccc(-c2ccc(F)cc2)cc1. The average molecular weight is 284 g/mol. The van der Waals surface area contributed by atoms with Crippen LogP contribution in [0.1, 0.15) is 5.56 Å². The third kappa shape index (κ3) is 4.06. The first-order chi connectivity index (χ1) is 10.2. The highest BCUT2D eigenvalue weighted by molar-refractivity contribution is 5.67. The number of ether oxygens (including phenoxy) is 2. The molecule has 0 unspecified atom stereocenters. The zero-order valence-corrected chi connectivity index (χ0v) is 11.9. The van der Waals surface area contributed by atoms with Crippen LogP contribution in [-0.2, 0) is 9.47 Å². The van der Waals surface area contributed by atoms with E-state index < -0.39 is 0 Å². The largest absolute Gasteiger partial charge is 0.483 e. The number of hydrogen-bond acceptors (Lipinski definition) is 2. The summed E-state index contributed by atoms with van der Waals surface area (Å²) in [5.74, 6) is 0.358. The van der Waals surface area contributed by atoms with E-state index in [4.69, 9.17) is 9.47 Å². The van der Waals surface area contributed by atoms with Crippen molar-refractivity contribution in [1.82, 2.24) is 0 Å². The Bertz CT molecular complexity index is 623. The van der Waals surface area contributed by atoms with E-state index in [1.807, 2.05) is 24.3 Å². The molecule has 108 valence electrons. The fraction of sp³-hybridized carbons (Fsp3) is 0.167. The molecule has 0 saturated carbocycles. The second-order valence-electron chi connectivity index (χ2n) is 4.43. The molecule has 0 atom stereocenters. The Morgan fingerprint density at radius 3 is 2.10 bits per heavy atom. The zero-order valence-electron chi connectivity index (χ0n) is 11.9. The summed E-state index contributed by atoms with van der Waals surface area (Å²) in [6.07, 6.45) is 0. The summed E-state index contributed by atoms with van der Waals surface area (Å²) >= 11 is 0. The summed E-state index contributed by atoms with van der Waals surface area (Å²) in [6, 6.07) is 14.2. The van der Waals surface area contributed by atoms with Gasteiger partial charge in [0.05, 0.1) is 6.61 Å². The molecule has 2 nitrogen and oxygen atoms in total. The third-order valence-electron chi connectivity index (χ3n) is 3.02. The van der Waals surface area contributed by atoms with Gasteiger partial charge in [-0.15, -0.1) is 0 Å². The van der Waals surface area contributed by atoms with E-state index in [1.54, 1.807) is 19.2 Å². The van der Waals surface area contributed by atoms with Crippen molar-refractivity contribution in [1.29, 1.82) is 0 Å². The summed E-state index contributed by atoms with van der Waals surface area (Å²) in [6.45, 7) is 4.60. The van der Waals surface area contributed by atoms with Gasteiger partial charge >= 0.3 is 0 Å². The highest BCUT2D eigenvalue weighted by atomic mass is 19.1. The lowest BCUT2D eigenvalue weighted by atomic mass is 10.0. The Hall–Kier alpha value is -2.35. The molecule has 2 rings (SSSR count). The molecule has 21 heavy (non-hydrogen) atoms. The minimum atomic E-state index is -0.237. The van der Waals surface area contributed by atoms with Crippen molar-refractivity contribution >= 4 is 5.76 Å². The topological polar surface area (TPSA) is 18.5 Å². The van der Waals surface area contributed by atoms with Crippen molar-refractivity contribution in [3.63, 3.8) is 0 Å². The zero-order chi connectivity index (χ0) is 15.1. The Morgan fingerprint density at radius 1 is 1.00 bits per heavy atom. The molecule has 0 radical (unpaired) electrons. The Kier molecular flexibility index (Phi) is 5.33. The molecule has 0 aliphatic carbocycles. The lowest BCUT2D eigenvalue weighted by Crippen LogP contribution is -2.00. The van der Waals surface area contributed by atoms with Gasteiger partial charge in [0.1, 0.15) is 12.4 Å². The number of hydrogen-bond donors (Lipinski definition) is 0. The van der Waals surface area contributed by atoms with E-state index in [0.717, 1.165) is 16.7 Å². The maximum Gasteiger partial charge on any atom is 0.169 e. The lowest BCUT2D eigenvalue weighted by Gasteiger charge is -2.09. The molecular formula is C18H17FO2. The summed E-state index contributed by atoms with van der Waals surface area (Å²) in [5, 5.41) is 0. The van der Waals surface area contributed by atoms with Crippen LogP contribution in [0, 0.1) is 5.82 Å². The highest BCUT2D eigenvalue weighted by Crippen LogP contribution is 2.23. The second kappa shape index (κ2) is 7.44. The van der Waals surface area contributed by atoms with Gasteiger partial charge in [0, 0.05) is 12.7 Å². The molecule has 0 fully saturated rings. The maximum absolute atomic E-state index is 12.9. The molecule has 0 heterocycles. The van der Waals surface area contributed by atoms with Crippen LogP contribution in [-0.4, -0.2) is 20.3 Å². The van der Waals surface area contributed by atoms with Gasteiger partial charge in [-0.3, -0.25) is 0 Å². The van der Waals surface area contributed by atoms with Crippen LogP contribution in [0.15, 0.2) is 60.8 Å². The lowest BCUT2D eigenvalue weighted by molar-refractivity contribution is 0.133. The monoisotopic (exact) mass is 284 g/mol. The van der Waals surface area contributed by atoms with E-state index in [2.05, 4.69) is 12.3 Å². The van der Waals surface area contributed by atoms with Crippen LogP contribution in [0.4, 0.5) is 4.39 Å². The van der Waals surface area contributed by atoms with Crippen LogP contribution < -0.4 is 0 Å². The first-order valence-electron chi connectivity index (χ1n) is 6.62. The van der Waals surface area contributed by atoms with Gasteiger partial charge in [-0.25, -0.2) is 4.39 Å². The average Bonchev–Trinajstić information content (AvgIpc) is 2.53. The van der Waals surface area contributed by atoms with Gasteiger partial charge in [0.25, 0.3) is 0 Å². The van der Waals surface area contributed by atoms with Crippen molar-refractivity contribution in [3.05, 3.63) is 72.2 Å². The van der Waals surface area contributed by atoms with Gasteiger partial charge < -0.3 is 9.47 Å². The summed E-state index contributed by atoms with van der Waals surface area (Å²) in [7, 11) is 1.62. The van der Waals surface area contributed by atoms with Crippen molar-refractivity contribution in [2.75, 3.05) is 20.3 Å². The van der Waals surface area contributed by atoms with E-state index in [-0.39, 0.29) is 5.82 Å². The van der Waals surface area contributed by atoms with Crippen molar-refractivity contribution in [2.24, 2.45) is 0 Å². The molecule has 0 saturated heterocycles. The first kappa shape index (κ1) is 15.0. The van der Waals surface area contributed by atoms with Gasteiger partial charge in [-0.05, 0) is 35.4 Å². The number of methoxy groups -OCH3 is 1. The summed E-state index contributed by atoms with van der Waals surface area (Å²) in [5.41, 5.74) is 5.66. The van der Waals surface area contributed by atoms with Gasteiger partial charge in [0.2, 0.25) is 0 Å². The number of rotatable bonds is 6. The number of benzene rings is 2. The van der Waals surface area contributed by atoms with Crippen molar-refractivity contribution in [3.8, 4) is 11.1 Å². The Balaban J connectivity index is 2.14. The predicted octanol–water partition coefficient (Wildman–Crippen LogP) is 4.28. The van der Waals surface area contributed by atoms with E-state index in [9.17, 15) is 4.39 Å². The molecule has 0 amide bonds. The molecule has 0 bridgehead atoms. The molecule has 0 aliphatic rings. The van der Waals surface area contributed by atoms with Crippen LogP contribution in [0.5, 0.6) is 0 Å². The predicted molar refractivity (Wildman–Crippen MR) is 82.2 cm³/mol. The highest BCUT2D eigenvalue weighted by Gasteiger charge is 2.03. The number of halogens is 1. The molecule has 2 aromatic rings. The van der Waals surface area contributed by atoms with Gasteiger partial charge in [-0.1, -0.05) is 36.6 Å². The van der Waals surface area contributed by atoms with Crippen LogP contribution in [0.25, 0.3) is 16.9 Å². The fourth-order valence-electron chi connectivity index (χ4n) is 1.92. The third-order valence-corrected chi connectivity index (χ3v) is 3.02. The molecule has 0 aliphatic heterocycles. The molecule has 2 aromatic carbocycles. The van der Waals surface area contributed by atoms with Gasteiger partial charge in [-0.2, -0.15) is 0 Å². The van der Waals surface area contributed by atoms with Crippen molar-refractivity contribution in [2.45, 2.75) is 0 Å². The van der Waals surface area contributed by atoms with Gasteiger partial charge in [0.15, 0.2) is 5.76 Å². The van der Waals surface area contributed by atoms with Crippen LogP contribution in [0.2, 0.25) is 0 Å². The maximum atomic E-state index is 12.9. The normalized spacial score (nSPS) is 10.0.